The van der Waals surface area contributed by atoms with E-state index in [1.54, 1.807) is 13.8 Å². The highest BCUT2D eigenvalue weighted by atomic mass is 19.4. The van der Waals surface area contributed by atoms with Gasteiger partial charge >= 0.3 is 6.36 Å². The van der Waals surface area contributed by atoms with Crippen LogP contribution in [0.4, 0.5) is 18.9 Å². The number of carbonyl (C=O) groups is 1. The van der Waals surface area contributed by atoms with E-state index in [9.17, 15) is 18.0 Å². The summed E-state index contributed by atoms with van der Waals surface area (Å²) in [5.41, 5.74) is 0.269. The zero-order valence-corrected chi connectivity index (χ0v) is 9.34. The van der Waals surface area contributed by atoms with Gasteiger partial charge in [0.15, 0.2) is 0 Å². The van der Waals surface area contributed by atoms with E-state index in [4.69, 9.17) is 0 Å². The van der Waals surface area contributed by atoms with Crippen LogP contribution in [0, 0.1) is 5.92 Å². The quantitative estimate of drug-likeness (QED) is 0.890. The number of rotatable bonds is 3. The van der Waals surface area contributed by atoms with E-state index in [-0.39, 0.29) is 23.3 Å². The SMILES string of the molecule is CC(C)C(=O)Nc1cccc(OC(F)(F)F)c1. The van der Waals surface area contributed by atoms with Crippen LogP contribution in [-0.4, -0.2) is 12.3 Å². The molecule has 6 heteroatoms. The van der Waals surface area contributed by atoms with E-state index in [1.807, 2.05) is 0 Å². The van der Waals surface area contributed by atoms with Gasteiger partial charge in [-0.3, -0.25) is 4.79 Å². The number of ether oxygens (including phenoxy) is 1. The number of hydrogen-bond acceptors (Lipinski definition) is 2. The number of halogens is 3. The predicted octanol–water partition coefficient (Wildman–Crippen LogP) is 3.18. The van der Waals surface area contributed by atoms with Gasteiger partial charge in [-0.2, -0.15) is 0 Å². The van der Waals surface area contributed by atoms with Gasteiger partial charge in [-0.05, 0) is 12.1 Å². The lowest BCUT2D eigenvalue weighted by atomic mass is 10.2. The summed E-state index contributed by atoms with van der Waals surface area (Å²) in [6.45, 7) is 3.37. The third kappa shape index (κ3) is 4.76. The Morgan fingerprint density at radius 2 is 2.00 bits per heavy atom. The topological polar surface area (TPSA) is 38.3 Å². The van der Waals surface area contributed by atoms with Crippen molar-refractivity contribution in [3.8, 4) is 5.75 Å². The number of carbonyl (C=O) groups excluding carboxylic acids is 1. The summed E-state index contributed by atoms with van der Waals surface area (Å²) in [4.78, 5) is 11.3. The van der Waals surface area contributed by atoms with Gasteiger partial charge in [0.2, 0.25) is 5.91 Å². The summed E-state index contributed by atoms with van der Waals surface area (Å²) in [6, 6.07) is 5.15. The highest BCUT2D eigenvalue weighted by Gasteiger charge is 2.31. The first-order chi connectivity index (χ1) is 7.78. The van der Waals surface area contributed by atoms with Crippen molar-refractivity contribution < 1.29 is 22.7 Å². The number of hydrogen-bond donors (Lipinski definition) is 1. The second-order valence-electron chi connectivity index (χ2n) is 3.72. The van der Waals surface area contributed by atoms with E-state index < -0.39 is 6.36 Å². The molecule has 0 bridgehead atoms. The Balaban J connectivity index is 2.76. The van der Waals surface area contributed by atoms with Crippen LogP contribution in [0.1, 0.15) is 13.8 Å². The molecule has 0 aliphatic heterocycles. The molecule has 1 aromatic carbocycles. The van der Waals surface area contributed by atoms with Crippen molar-refractivity contribution in [1.82, 2.24) is 0 Å². The molecule has 0 atom stereocenters. The molecule has 17 heavy (non-hydrogen) atoms. The molecule has 0 saturated carbocycles. The first-order valence-electron chi connectivity index (χ1n) is 4.94. The van der Waals surface area contributed by atoms with E-state index >= 15 is 0 Å². The van der Waals surface area contributed by atoms with Crippen LogP contribution in [0.2, 0.25) is 0 Å². The number of nitrogens with one attached hydrogen (secondary N) is 1. The minimum Gasteiger partial charge on any atom is -0.406 e. The second-order valence-corrected chi connectivity index (χ2v) is 3.72. The molecule has 3 nitrogen and oxygen atoms in total. The standard InChI is InChI=1S/C11H12F3NO2/c1-7(2)10(16)15-8-4-3-5-9(6-8)17-11(12,13)14/h3-7H,1-2H3,(H,15,16). The molecular weight excluding hydrogens is 235 g/mol. The fourth-order valence-electron chi connectivity index (χ4n) is 1.06. The van der Waals surface area contributed by atoms with Crippen LogP contribution in [0.5, 0.6) is 5.75 Å². The summed E-state index contributed by atoms with van der Waals surface area (Å²) in [7, 11) is 0. The maximum Gasteiger partial charge on any atom is 0.573 e. The molecular formula is C11H12F3NO2. The summed E-state index contributed by atoms with van der Waals surface area (Å²) >= 11 is 0. The van der Waals surface area contributed by atoms with Crippen LogP contribution in [0.25, 0.3) is 0 Å². The van der Waals surface area contributed by atoms with Crippen LogP contribution >= 0.6 is 0 Å². The molecule has 0 heterocycles. The van der Waals surface area contributed by atoms with Gasteiger partial charge in [0.05, 0.1) is 0 Å². The molecule has 1 aromatic rings. The lowest BCUT2D eigenvalue weighted by Gasteiger charge is -2.11. The van der Waals surface area contributed by atoms with Gasteiger partial charge in [0.25, 0.3) is 0 Å². The van der Waals surface area contributed by atoms with Gasteiger partial charge in [0, 0.05) is 17.7 Å². The molecule has 0 radical (unpaired) electrons. The van der Waals surface area contributed by atoms with Crippen molar-refractivity contribution in [2.75, 3.05) is 5.32 Å². The van der Waals surface area contributed by atoms with Crippen molar-refractivity contribution in [3.63, 3.8) is 0 Å². The smallest absolute Gasteiger partial charge is 0.406 e. The zero-order valence-electron chi connectivity index (χ0n) is 9.34. The lowest BCUT2D eigenvalue weighted by molar-refractivity contribution is -0.274. The maximum atomic E-state index is 12.0. The fraction of sp³-hybridized carbons (Fsp3) is 0.364. The Labute approximate surface area is 96.6 Å². The maximum absolute atomic E-state index is 12.0. The molecule has 94 valence electrons. The Bertz CT molecular complexity index is 402. The van der Waals surface area contributed by atoms with E-state index in [0.29, 0.717) is 0 Å². The van der Waals surface area contributed by atoms with Gasteiger partial charge in [-0.1, -0.05) is 19.9 Å². The van der Waals surface area contributed by atoms with Crippen molar-refractivity contribution in [3.05, 3.63) is 24.3 Å². The van der Waals surface area contributed by atoms with E-state index in [0.717, 1.165) is 6.07 Å². The van der Waals surface area contributed by atoms with Crippen LogP contribution in [0.15, 0.2) is 24.3 Å². The molecule has 0 aliphatic rings. The van der Waals surface area contributed by atoms with Gasteiger partial charge in [-0.15, -0.1) is 13.2 Å². The van der Waals surface area contributed by atoms with Crippen molar-refractivity contribution in [2.45, 2.75) is 20.2 Å². The lowest BCUT2D eigenvalue weighted by Crippen LogP contribution is -2.19. The number of alkyl halides is 3. The van der Waals surface area contributed by atoms with Crippen LogP contribution in [0.3, 0.4) is 0 Å². The highest BCUT2D eigenvalue weighted by Crippen LogP contribution is 2.25. The monoisotopic (exact) mass is 247 g/mol. The summed E-state index contributed by atoms with van der Waals surface area (Å²) in [6.07, 6.45) is -4.74. The van der Waals surface area contributed by atoms with E-state index in [2.05, 4.69) is 10.1 Å². The number of benzene rings is 1. The largest absolute Gasteiger partial charge is 0.573 e. The molecule has 1 rings (SSSR count). The van der Waals surface area contributed by atoms with E-state index in [1.165, 1.54) is 18.2 Å². The van der Waals surface area contributed by atoms with Gasteiger partial charge in [0.1, 0.15) is 5.75 Å². The summed E-state index contributed by atoms with van der Waals surface area (Å²) < 4.78 is 39.6. The zero-order chi connectivity index (χ0) is 13.1. The van der Waals surface area contributed by atoms with Crippen molar-refractivity contribution in [1.29, 1.82) is 0 Å². The molecule has 1 amide bonds. The summed E-state index contributed by atoms with van der Waals surface area (Å²) in [5, 5.41) is 2.48. The first-order valence-corrected chi connectivity index (χ1v) is 4.94. The van der Waals surface area contributed by atoms with Gasteiger partial charge in [-0.25, -0.2) is 0 Å². The Morgan fingerprint density at radius 3 is 2.53 bits per heavy atom. The highest BCUT2D eigenvalue weighted by molar-refractivity contribution is 5.92. The molecule has 0 spiro atoms. The third-order valence-electron chi connectivity index (χ3n) is 1.86. The Kier molecular flexibility index (Phi) is 3.98. The summed E-state index contributed by atoms with van der Waals surface area (Å²) in [5.74, 6) is -0.879. The average molecular weight is 247 g/mol. The second kappa shape index (κ2) is 5.07. The third-order valence-corrected chi connectivity index (χ3v) is 1.86. The van der Waals surface area contributed by atoms with Crippen LogP contribution in [-0.2, 0) is 4.79 Å². The average Bonchev–Trinajstić information content (AvgIpc) is 2.15. The van der Waals surface area contributed by atoms with Gasteiger partial charge < -0.3 is 10.1 Å². The number of amides is 1. The molecule has 0 aliphatic carbocycles. The fourth-order valence-corrected chi connectivity index (χ4v) is 1.06. The predicted molar refractivity (Wildman–Crippen MR) is 56.6 cm³/mol. The first kappa shape index (κ1) is 13.3. The molecule has 1 N–H and O–H groups in total. The minimum absolute atomic E-state index is 0.248. The number of anilines is 1. The molecule has 0 unspecified atom stereocenters. The van der Waals surface area contributed by atoms with Crippen molar-refractivity contribution >= 4 is 11.6 Å². The minimum atomic E-state index is -4.74. The van der Waals surface area contributed by atoms with Crippen molar-refractivity contribution in [2.24, 2.45) is 5.92 Å². The molecule has 0 fully saturated rings. The normalized spacial score (nSPS) is 11.4. The molecule has 0 saturated heterocycles. The van der Waals surface area contributed by atoms with Crippen LogP contribution < -0.4 is 10.1 Å². The Morgan fingerprint density at radius 1 is 1.35 bits per heavy atom. The molecule has 0 aromatic heterocycles. The Hall–Kier alpha value is -1.72.